The van der Waals surface area contributed by atoms with Crippen molar-refractivity contribution in [2.45, 2.75) is 0 Å². The molecule has 0 radical (unpaired) electrons. The summed E-state index contributed by atoms with van der Waals surface area (Å²) in [7, 11) is 0. The number of nitrogens with two attached hydrogens (primary N) is 2. The van der Waals surface area contributed by atoms with Crippen molar-refractivity contribution in [3.63, 3.8) is 0 Å². The van der Waals surface area contributed by atoms with E-state index in [9.17, 15) is 4.79 Å². The highest BCUT2D eigenvalue weighted by Crippen LogP contribution is 2.26. The van der Waals surface area contributed by atoms with Crippen LogP contribution in [-0.4, -0.2) is 31.1 Å². The van der Waals surface area contributed by atoms with E-state index < -0.39 is 0 Å². The molecule has 0 atom stereocenters. The molecule has 8 N–H and O–H groups in total. The first kappa shape index (κ1) is 20.8. The molecular weight excluding hydrogens is 430 g/mol. The van der Waals surface area contributed by atoms with Crippen LogP contribution in [0.3, 0.4) is 0 Å². The number of anilines is 2. The van der Waals surface area contributed by atoms with Gasteiger partial charge in [0.15, 0.2) is 5.82 Å². The molecular formula is C24H21N9O. The van der Waals surface area contributed by atoms with Gasteiger partial charge < -0.3 is 27.1 Å². The molecule has 10 nitrogen and oxygen atoms in total. The van der Waals surface area contributed by atoms with E-state index in [2.05, 4.69) is 35.8 Å². The minimum absolute atomic E-state index is 0.300. The zero-order chi connectivity index (χ0) is 23.5. The number of aromatic nitrogens is 5. The van der Waals surface area contributed by atoms with Crippen molar-refractivity contribution < 1.29 is 4.79 Å². The fourth-order valence-electron chi connectivity index (χ4n) is 3.63. The molecule has 0 unspecified atom stereocenters. The van der Waals surface area contributed by atoms with E-state index in [1.54, 1.807) is 24.7 Å². The van der Waals surface area contributed by atoms with Crippen molar-refractivity contribution in [3.8, 4) is 11.4 Å². The Hall–Kier alpha value is -5.12. The van der Waals surface area contributed by atoms with Crippen molar-refractivity contribution in [1.29, 1.82) is 0 Å². The van der Waals surface area contributed by atoms with Crippen LogP contribution >= 0.6 is 0 Å². The maximum Gasteiger partial charge on any atom is 0.257 e. The number of allylic oxidation sites excluding steroid dienone is 1. The molecule has 0 saturated heterocycles. The molecule has 10 heteroatoms. The van der Waals surface area contributed by atoms with E-state index in [1.165, 1.54) is 18.5 Å². The normalized spacial score (nSPS) is 11.9. The number of hydrogen-bond acceptors (Lipinski definition) is 7. The number of carbonyl (C=O) groups excluding carboxylic acids is 1. The van der Waals surface area contributed by atoms with Gasteiger partial charge in [-0.15, -0.1) is 0 Å². The topological polar surface area (TPSA) is 163 Å². The zero-order valence-electron chi connectivity index (χ0n) is 17.9. The van der Waals surface area contributed by atoms with Crippen LogP contribution in [0.15, 0.2) is 85.2 Å². The quantitative estimate of drug-likeness (QED) is 0.216. The van der Waals surface area contributed by atoms with Gasteiger partial charge in [0.25, 0.3) is 5.91 Å². The van der Waals surface area contributed by atoms with Crippen molar-refractivity contribution in [1.82, 2.24) is 30.5 Å². The van der Waals surface area contributed by atoms with Crippen LogP contribution in [0.4, 0.5) is 11.5 Å². The molecule has 0 spiro atoms. The zero-order valence-corrected chi connectivity index (χ0v) is 17.9. The Balaban J connectivity index is 1.39. The Kier molecular flexibility index (Phi) is 5.37. The fraction of sp³-hybridized carbons (Fsp3) is 0. The van der Waals surface area contributed by atoms with Crippen LogP contribution < -0.4 is 22.1 Å². The van der Waals surface area contributed by atoms with Gasteiger partial charge in [-0.2, -0.15) is 5.10 Å². The lowest BCUT2D eigenvalue weighted by Gasteiger charge is -2.08. The Morgan fingerprint density at radius 3 is 2.82 bits per heavy atom. The number of H-pyrrole nitrogens is 2. The van der Waals surface area contributed by atoms with E-state index in [0.717, 1.165) is 33.1 Å². The summed E-state index contributed by atoms with van der Waals surface area (Å²) in [5.41, 5.74) is 15.2. The van der Waals surface area contributed by atoms with Crippen LogP contribution in [0.1, 0.15) is 10.4 Å². The second-order valence-corrected chi connectivity index (χ2v) is 7.46. The summed E-state index contributed by atoms with van der Waals surface area (Å²) < 4.78 is 0. The van der Waals surface area contributed by atoms with Crippen LogP contribution in [0.2, 0.25) is 0 Å². The summed E-state index contributed by atoms with van der Waals surface area (Å²) in [6, 6.07) is 13.3. The van der Waals surface area contributed by atoms with Gasteiger partial charge in [0, 0.05) is 46.1 Å². The van der Waals surface area contributed by atoms with E-state index in [1.807, 2.05) is 36.4 Å². The summed E-state index contributed by atoms with van der Waals surface area (Å²) in [5, 5.41) is 14.8. The molecule has 168 valence electrons. The first-order chi connectivity index (χ1) is 16.6. The number of fused-ring (bicyclic) bond motifs is 2. The summed E-state index contributed by atoms with van der Waals surface area (Å²) in [4.78, 5) is 24.9. The minimum atomic E-state index is -0.300. The molecule has 0 aliphatic rings. The number of rotatable bonds is 6. The maximum atomic E-state index is 12.7. The Morgan fingerprint density at radius 2 is 1.97 bits per heavy atom. The minimum Gasteiger partial charge on any atom is -0.405 e. The molecule has 5 aromatic rings. The van der Waals surface area contributed by atoms with E-state index in [4.69, 9.17) is 11.5 Å². The molecule has 0 aliphatic carbocycles. The summed E-state index contributed by atoms with van der Waals surface area (Å²) in [6.07, 6.45) is 9.21. The monoisotopic (exact) mass is 451 g/mol. The number of amides is 1. The van der Waals surface area contributed by atoms with Gasteiger partial charge in [0.2, 0.25) is 0 Å². The molecule has 0 aliphatic heterocycles. The lowest BCUT2D eigenvalue weighted by molar-refractivity contribution is 0.0968. The Morgan fingerprint density at radius 1 is 1.06 bits per heavy atom. The number of aromatic amines is 2. The molecule has 1 amide bonds. The van der Waals surface area contributed by atoms with Gasteiger partial charge in [0.1, 0.15) is 5.82 Å². The van der Waals surface area contributed by atoms with Crippen LogP contribution in [0.5, 0.6) is 0 Å². The standard InChI is InChI=1S/C24H21N9O/c25-7-5-17(11-26)31-24(34)19-13-28-21-10-14(1-3-18(19)21)23-27-8-6-22(32-23)30-16-2-4-20-15(9-16)12-29-33-20/h1-13,28H,25-26H2,(H,29,33)(H,31,34)(H,27,30,32)/b7-5-,17-11+. The first-order valence-corrected chi connectivity index (χ1v) is 10.4. The summed E-state index contributed by atoms with van der Waals surface area (Å²) >= 11 is 0. The summed E-state index contributed by atoms with van der Waals surface area (Å²) in [6.45, 7) is 0. The lowest BCUT2D eigenvalue weighted by Crippen LogP contribution is -2.22. The predicted molar refractivity (Wildman–Crippen MR) is 132 cm³/mol. The number of nitrogens with one attached hydrogen (secondary N) is 4. The lowest BCUT2D eigenvalue weighted by atomic mass is 10.1. The van der Waals surface area contributed by atoms with Gasteiger partial charge in [-0.3, -0.25) is 9.89 Å². The van der Waals surface area contributed by atoms with Gasteiger partial charge in [-0.25, -0.2) is 9.97 Å². The van der Waals surface area contributed by atoms with Crippen molar-refractivity contribution in [3.05, 3.63) is 90.8 Å². The van der Waals surface area contributed by atoms with Crippen molar-refractivity contribution >= 4 is 39.2 Å². The van der Waals surface area contributed by atoms with Crippen molar-refractivity contribution in [2.24, 2.45) is 11.5 Å². The third-order valence-electron chi connectivity index (χ3n) is 5.27. The highest BCUT2D eigenvalue weighted by atomic mass is 16.1. The van der Waals surface area contributed by atoms with Gasteiger partial charge in [-0.05, 0) is 42.6 Å². The second kappa shape index (κ2) is 8.79. The highest BCUT2D eigenvalue weighted by molar-refractivity contribution is 6.08. The molecule has 5 rings (SSSR count). The first-order valence-electron chi connectivity index (χ1n) is 10.4. The van der Waals surface area contributed by atoms with Gasteiger partial charge >= 0.3 is 0 Å². The van der Waals surface area contributed by atoms with E-state index in [-0.39, 0.29) is 5.91 Å². The molecule has 2 aromatic carbocycles. The Labute approximate surface area is 193 Å². The summed E-state index contributed by atoms with van der Waals surface area (Å²) in [5.74, 6) is 0.915. The van der Waals surface area contributed by atoms with Gasteiger partial charge in [0.05, 0.1) is 23.0 Å². The Bertz CT molecular complexity index is 1560. The smallest absolute Gasteiger partial charge is 0.257 e. The second-order valence-electron chi connectivity index (χ2n) is 7.46. The maximum absolute atomic E-state index is 12.7. The van der Waals surface area contributed by atoms with Gasteiger partial charge in [-0.1, -0.05) is 12.1 Å². The van der Waals surface area contributed by atoms with E-state index >= 15 is 0 Å². The molecule has 3 heterocycles. The highest BCUT2D eigenvalue weighted by Gasteiger charge is 2.14. The predicted octanol–water partition coefficient (Wildman–Crippen LogP) is 3.25. The third-order valence-corrected chi connectivity index (χ3v) is 5.27. The largest absolute Gasteiger partial charge is 0.405 e. The average molecular weight is 451 g/mol. The number of hydrogen-bond donors (Lipinski definition) is 6. The SMILES string of the molecule is N/C=C\C(=C/N)NC(=O)c1c[nH]c2cc(-c3nccc(Nc4ccc5[nH]ncc5c4)n3)ccc12. The molecule has 3 aromatic heterocycles. The molecule has 0 bridgehead atoms. The van der Waals surface area contributed by atoms with Crippen molar-refractivity contribution in [2.75, 3.05) is 5.32 Å². The number of benzene rings is 2. The fourth-order valence-corrected chi connectivity index (χ4v) is 3.63. The molecule has 0 saturated carbocycles. The molecule has 0 fully saturated rings. The van der Waals surface area contributed by atoms with Crippen LogP contribution in [-0.2, 0) is 0 Å². The van der Waals surface area contributed by atoms with E-state index in [0.29, 0.717) is 22.9 Å². The van der Waals surface area contributed by atoms with Crippen LogP contribution in [0, 0.1) is 0 Å². The van der Waals surface area contributed by atoms with Crippen LogP contribution in [0.25, 0.3) is 33.2 Å². The number of carbonyl (C=O) groups is 1. The third kappa shape index (κ3) is 4.02. The molecule has 34 heavy (non-hydrogen) atoms. The number of nitrogens with zero attached hydrogens (tertiary/aromatic N) is 3. The average Bonchev–Trinajstić information content (AvgIpc) is 3.50.